The Hall–Kier alpha value is -0.600. The largest absolute Gasteiger partial charge is 0.144 e. The van der Waals surface area contributed by atoms with Crippen LogP contribution in [0.4, 0.5) is 0 Å². The fourth-order valence-corrected chi connectivity index (χ4v) is 5.75. The summed E-state index contributed by atoms with van der Waals surface area (Å²) in [5.74, 6) is 0. The highest BCUT2D eigenvalue weighted by atomic mass is 79.9. The average Bonchev–Trinajstić information content (AvgIpc) is 2.81. The highest BCUT2D eigenvalue weighted by Gasteiger charge is 2.21. The molecule has 2 aromatic rings. The van der Waals surface area contributed by atoms with Crippen LogP contribution < -0.4 is 0 Å². The van der Waals surface area contributed by atoms with Crippen LogP contribution in [0.3, 0.4) is 0 Å². The van der Waals surface area contributed by atoms with Crippen LogP contribution in [-0.4, -0.2) is 0 Å². The van der Waals surface area contributed by atoms with Gasteiger partial charge in [0.15, 0.2) is 0 Å². The number of alkyl halides is 1. The summed E-state index contributed by atoms with van der Waals surface area (Å²) in [6.07, 6.45) is 5.28. The molecule has 0 N–H and O–H groups in total. The third kappa shape index (κ3) is 2.60. The van der Waals surface area contributed by atoms with Crippen LogP contribution in [0.15, 0.2) is 18.2 Å². The summed E-state index contributed by atoms with van der Waals surface area (Å²) in [5.41, 5.74) is 7.21. The lowest BCUT2D eigenvalue weighted by Crippen LogP contribution is -1.98. The Morgan fingerprint density at radius 3 is 2.30 bits per heavy atom. The predicted molar refractivity (Wildman–Crippen MR) is 92.4 cm³/mol. The first-order chi connectivity index (χ1) is 9.56. The van der Waals surface area contributed by atoms with Gasteiger partial charge in [-0.2, -0.15) is 0 Å². The molecule has 1 aromatic heterocycles. The Labute approximate surface area is 134 Å². The maximum absolute atomic E-state index is 3.96. The Morgan fingerprint density at radius 1 is 1.00 bits per heavy atom. The Kier molecular flexibility index (Phi) is 4.05. The highest BCUT2D eigenvalue weighted by Crippen LogP contribution is 2.41. The predicted octanol–water partition coefficient (Wildman–Crippen LogP) is 6.04. The third-order valence-corrected chi connectivity index (χ3v) is 6.81. The van der Waals surface area contributed by atoms with Crippen molar-refractivity contribution in [3.8, 4) is 0 Å². The minimum atomic E-state index is 0.346. The van der Waals surface area contributed by atoms with E-state index in [0.717, 1.165) is 0 Å². The second kappa shape index (κ2) is 5.65. The molecule has 0 bridgehead atoms. The van der Waals surface area contributed by atoms with Crippen LogP contribution in [0.5, 0.6) is 0 Å². The first-order valence-electron chi connectivity index (χ1n) is 7.39. The van der Waals surface area contributed by atoms with E-state index >= 15 is 0 Å². The van der Waals surface area contributed by atoms with Crippen molar-refractivity contribution in [1.29, 1.82) is 0 Å². The van der Waals surface area contributed by atoms with Gasteiger partial charge in [0.2, 0.25) is 0 Å². The molecule has 1 atom stereocenters. The molecule has 0 nitrogen and oxygen atoms in total. The molecule has 1 aliphatic rings. The van der Waals surface area contributed by atoms with Crippen LogP contribution in [0.2, 0.25) is 0 Å². The molecule has 0 fully saturated rings. The van der Waals surface area contributed by atoms with Gasteiger partial charge in [-0.15, -0.1) is 11.3 Å². The molecule has 1 unspecified atom stereocenters. The molecule has 20 heavy (non-hydrogen) atoms. The van der Waals surface area contributed by atoms with Gasteiger partial charge >= 0.3 is 0 Å². The van der Waals surface area contributed by atoms with Crippen molar-refractivity contribution in [2.75, 3.05) is 0 Å². The fourth-order valence-electron chi connectivity index (χ4n) is 3.37. The summed E-state index contributed by atoms with van der Waals surface area (Å²) in [6.45, 7) is 6.64. The zero-order chi connectivity index (χ0) is 14.3. The number of fused-ring (bicyclic) bond motifs is 1. The summed E-state index contributed by atoms with van der Waals surface area (Å²) >= 11 is 5.97. The quantitative estimate of drug-likeness (QED) is 0.580. The summed E-state index contributed by atoms with van der Waals surface area (Å²) in [7, 11) is 0. The molecule has 1 heterocycles. The molecule has 2 heteroatoms. The molecule has 0 spiro atoms. The molecule has 0 saturated carbocycles. The number of hydrogen-bond acceptors (Lipinski definition) is 1. The van der Waals surface area contributed by atoms with Crippen LogP contribution in [-0.2, 0) is 12.8 Å². The van der Waals surface area contributed by atoms with Gasteiger partial charge in [0.25, 0.3) is 0 Å². The number of hydrogen-bond donors (Lipinski definition) is 0. The van der Waals surface area contributed by atoms with E-state index in [1.807, 2.05) is 11.3 Å². The number of benzene rings is 1. The number of aryl methyl sites for hydroxylation is 5. The van der Waals surface area contributed by atoms with Crippen molar-refractivity contribution in [3.05, 3.63) is 55.8 Å². The molecular weight excluding hydrogens is 328 g/mol. The number of rotatable bonds is 2. The zero-order valence-corrected chi connectivity index (χ0v) is 14.8. The van der Waals surface area contributed by atoms with Gasteiger partial charge in [-0.3, -0.25) is 0 Å². The summed E-state index contributed by atoms with van der Waals surface area (Å²) < 4.78 is 0. The van der Waals surface area contributed by atoms with Gasteiger partial charge in [-0.05, 0) is 74.8 Å². The van der Waals surface area contributed by atoms with Crippen molar-refractivity contribution < 1.29 is 0 Å². The Morgan fingerprint density at radius 2 is 1.65 bits per heavy atom. The van der Waals surface area contributed by atoms with Gasteiger partial charge in [-0.25, -0.2) is 0 Å². The van der Waals surface area contributed by atoms with Crippen LogP contribution in [0.25, 0.3) is 0 Å². The van der Waals surface area contributed by atoms with E-state index in [1.54, 1.807) is 10.4 Å². The number of halogens is 1. The summed E-state index contributed by atoms with van der Waals surface area (Å²) in [5, 5.41) is 0. The van der Waals surface area contributed by atoms with Crippen LogP contribution in [0.1, 0.15) is 55.2 Å². The smallest absolute Gasteiger partial charge is 0.0743 e. The van der Waals surface area contributed by atoms with E-state index in [1.165, 1.54) is 52.8 Å². The van der Waals surface area contributed by atoms with E-state index in [-0.39, 0.29) is 0 Å². The van der Waals surface area contributed by atoms with Gasteiger partial charge in [-0.1, -0.05) is 33.6 Å². The third-order valence-electron chi connectivity index (χ3n) is 4.26. The molecule has 1 aromatic carbocycles. The molecule has 0 aliphatic heterocycles. The standard InChI is InChI=1S/C18H21BrS/c1-11-8-12(2)17(13(3)9-11)18(19)16-10-14-6-4-5-7-15(14)20-16/h8-10,18H,4-7H2,1-3H3. The lowest BCUT2D eigenvalue weighted by atomic mass is 9.95. The topological polar surface area (TPSA) is 0 Å². The average molecular weight is 349 g/mol. The van der Waals surface area contributed by atoms with E-state index in [2.05, 4.69) is 54.9 Å². The van der Waals surface area contributed by atoms with Gasteiger partial charge in [0.05, 0.1) is 4.83 Å². The first kappa shape index (κ1) is 14.3. The highest BCUT2D eigenvalue weighted by molar-refractivity contribution is 9.09. The molecule has 0 radical (unpaired) electrons. The molecule has 3 rings (SSSR count). The van der Waals surface area contributed by atoms with Crippen molar-refractivity contribution >= 4 is 27.3 Å². The first-order valence-corrected chi connectivity index (χ1v) is 9.13. The Bertz CT molecular complexity index is 592. The minimum absolute atomic E-state index is 0.346. The summed E-state index contributed by atoms with van der Waals surface area (Å²) in [6, 6.07) is 7.03. The van der Waals surface area contributed by atoms with Crippen LogP contribution in [0, 0.1) is 20.8 Å². The summed E-state index contributed by atoms with van der Waals surface area (Å²) in [4.78, 5) is 3.45. The second-order valence-electron chi connectivity index (χ2n) is 5.98. The van der Waals surface area contributed by atoms with E-state index < -0.39 is 0 Å². The second-order valence-corrected chi connectivity index (χ2v) is 8.06. The maximum atomic E-state index is 3.96. The van der Waals surface area contributed by atoms with Crippen molar-refractivity contribution in [2.45, 2.75) is 51.3 Å². The number of thiophene rings is 1. The molecule has 1 aliphatic carbocycles. The Balaban J connectivity index is 2.00. The van der Waals surface area contributed by atoms with Crippen molar-refractivity contribution in [3.63, 3.8) is 0 Å². The zero-order valence-electron chi connectivity index (χ0n) is 12.4. The maximum Gasteiger partial charge on any atom is 0.0743 e. The van der Waals surface area contributed by atoms with Crippen molar-refractivity contribution in [1.82, 2.24) is 0 Å². The van der Waals surface area contributed by atoms with Gasteiger partial charge < -0.3 is 0 Å². The normalized spacial score (nSPS) is 16.0. The lowest BCUT2D eigenvalue weighted by molar-refractivity contribution is 0.697. The van der Waals surface area contributed by atoms with Crippen LogP contribution >= 0.6 is 27.3 Å². The molecule has 0 amide bonds. The lowest BCUT2D eigenvalue weighted by Gasteiger charge is -2.16. The minimum Gasteiger partial charge on any atom is -0.144 e. The molecule has 0 saturated heterocycles. The molecular formula is C18H21BrS. The van der Waals surface area contributed by atoms with Gasteiger partial charge in [0.1, 0.15) is 0 Å². The monoisotopic (exact) mass is 348 g/mol. The van der Waals surface area contributed by atoms with Gasteiger partial charge in [0, 0.05) is 9.75 Å². The van der Waals surface area contributed by atoms with E-state index in [9.17, 15) is 0 Å². The van der Waals surface area contributed by atoms with E-state index in [0.29, 0.717) is 4.83 Å². The van der Waals surface area contributed by atoms with Crippen molar-refractivity contribution in [2.24, 2.45) is 0 Å². The SMILES string of the molecule is Cc1cc(C)c(C(Br)c2cc3c(s2)CCCC3)c(C)c1. The molecule has 106 valence electrons. The fraction of sp³-hybridized carbons (Fsp3) is 0.444. The van der Waals surface area contributed by atoms with E-state index in [4.69, 9.17) is 0 Å².